The Balaban J connectivity index is 6.04. The highest BCUT2D eigenvalue weighted by Gasteiger charge is 2.31. The van der Waals surface area contributed by atoms with Crippen molar-refractivity contribution in [1.82, 2.24) is 21.3 Å². The number of aliphatic carboxylic acids is 1. The standard InChI is InChI=1S/C30H62N16O6/c31-13-3-1-9-19(24(48)45-20(10-2-4-14-32)26(50)46-22(27(51)52)12-7-17-42-30(38)39)44-25(49)21(11-6-16-41-29(36)37)43-23(47)18(33)8-5-15-40-28(34)35/h18-22H,1-17,31-33H2,(H,43,47)(H,44,49)(H,45,48)(H,46,50)(H,51,52)(H4,34,35,40)(H4,36,37,41)(H4,38,39,42)/t18-,19-,20-,21-,22-/m0/s1. The maximum absolute atomic E-state index is 13.7. The molecule has 4 amide bonds. The summed E-state index contributed by atoms with van der Waals surface area (Å²) >= 11 is 0. The largest absolute Gasteiger partial charge is 0.480 e. The first-order valence-electron chi connectivity index (χ1n) is 17.4. The molecule has 0 saturated carbocycles. The summed E-state index contributed by atoms with van der Waals surface area (Å²) in [5.74, 6) is -4.39. The number of unbranched alkanes of at least 4 members (excludes halogenated alkanes) is 2. The topological polar surface area (TPSA) is 425 Å². The average molecular weight is 743 g/mol. The first-order valence-corrected chi connectivity index (χ1v) is 17.4. The van der Waals surface area contributed by atoms with Crippen molar-refractivity contribution in [1.29, 1.82) is 0 Å². The Morgan fingerprint density at radius 1 is 0.462 bits per heavy atom. The van der Waals surface area contributed by atoms with Crippen LogP contribution in [0, 0.1) is 0 Å². The molecule has 0 aromatic carbocycles. The number of nitrogens with one attached hydrogen (secondary N) is 4. The van der Waals surface area contributed by atoms with Crippen LogP contribution in [0.4, 0.5) is 0 Å². The molecule has 0 aliphatic heterocycles. The van der Waals surface area contributed by atoms with Crippen molar-refractivity contribution in [3.8, 4) is 0 Å². The third kappa shape index (κ3) is 22.7. The molecular formula is C30H62N16O6. The Labute approximate surface area is 304 Å². The molecule has 22 heteroatoms. The minimum Gasteiger partial charge on any atom is -0.480 e. The number of nitrogens with zero attached hydrogens (tertiary/aromatic N) is 3. The summed E-state index contributed by atoms with van der Waals surface area (Å²) < 4.78 is 0. The van der Waals surface area contributed by atoms with Crippen LogP contribution in [0.2, 0.25) is 0 Å². The number of rotatable bonds is 29. The van der Waals surface area contributed by atoms with Gasteiger partial charge in [0.2, 0.25) is 23.6 Å². The van der Waals surface area contributed by atoms with Crippen molar-refractivity contribution in [2.45, 2.75) is 107 Å². The lowest BCUT2D eigenvalue weighted by Gasteiger charge is -2.26. The van der Waals surface area contributed by atoms with Gasteiger partial charge in [-0.3, -0.25) is 34.2 Å². The van der Waals surface area contributed by atoms with Gasteiger partial charge in [-0.2, -0.15) is 0 Å². The van der Waals surface area contributed by atoms with Crippen molar-refractivity contribution in [3.05, 3.63) is 0 Å². The van der Waals surface area contributed by atoms with Crippen LogP contribution in [0.3, 0.4) is 0 Å². The highest BCUT2D eigenvalue weighted by molar-refractivity contribution is 5.95. The molecule has 0 radical (unpaired) electrons. The summed E-state index contributed by atoms with van der Waals surface area (Å²) in [5, 5.41) is 20.2. The Morgan fingerprint density at radius 3 is 1.12 bits per heavy atom. The lowest BCUT2D eigenvalue weighted by atomic mass is 10.0. The Hall–Kier alpha value is -4.96. The van der Waals surface area contributed by atoms with Crippen LogP contribution in [0.25, 0.3) is 0 Å². The first kappa shape index (κ1) is 47.0. The SMILES string of the molecule is NCCCC[C@H](NC(=O)[C@H](CCCCN)NC(=O)[C@H](CCCN=C(N)N)NC(=O)[C@@H](N)CCCN=C(N)N)C(=O)N[C@@H](CCCN=C(N)N)C(=O)O. The molecule has 0 heterocycles. The fraction of sp³-hybridized carbons (Fsp3) is 0.733. The molecule has 298 valence electrons. The molecule has 0 spiro atoms. The second-order valence-corrected chi connectivity index (χ2v) is 12.1. The lowest BCUT2D eigenvalue weighted by Crippen LogP contribution is -2.58. The van der Waals surface area contributed by atoms with Crippen LogP contribution in [0.5, 0.6) is 0 Å². The molecule has 5 atom stereocenters. The number of hydrogen-bond acceptors (Lipinski definition) is 11. The highest BCUT2D eigenvalue weighted by atomic mass is 16.4. The van der Waals surface area contributed by atoms with Gasteiger partial charge in [-0.05, 0) is 90.1 Å². The van der Waals surface area contributed by atoms with Crippen molar-refractivity contribution < 1.29 is 29.1 Å². The summed E-state index contributed by atoms with van der Waals surface area (Å²) in [6.45, 7) is 1.24. The van der Waals surface area contributed by atoms with E-state index in [9.17, 15) is 29.1 Å². The summed E-state index contributed by atoms with van der Waals surface area (Å²) in [6.07, 6.45) is 3.55. The summed E-state index contributed by atoms with van der Waals surface area (Å²) in [4.78, 5) is 77.2. The van der Waals surface area contributed by atoms with E-state index in [1.807, 2.05) is 0 Å². The zero-order valence-electron chi connectivity index (χ0n) is 29.9. The van der Waals surface area contributed by atoms with Crippen molar-refractivity contribution in [2.75, 3.05) is 32.7 Å². The summed E-state index contributed by atoms with van der Waals surface area (Å²) in [6, 6.07) is -5.70. The van der Waals surface area contributed by atoms with Gasteiger partial charge < -0.3 is 78.0 Å². The predicted octanol–water partition coefficient (Wildman–Crippen LogP) is -5.24. The summed E-state index contributed by atoms with van der Waals surface area (Å²) in [5.41, 5.74) is 49.5. The minimum absolute atomic E-state index is 0.0231. The molecule has 23 N–H and O–H groups in total. The zero-order chi connectivity index (χ0) is 39.5. The van der Waals surface area contributed by atoms with E-state index in [1.54, 1.807) is 0 Å². The van der Waals surface area contributed by atoms with Crippen LogP contribution in [-0.4, -0.2) is 116 Å². The highest BCUT2D eigenvalue weighted by Crippen LogP contribution is 2.09. The number of carbonyl (C=O) groups excluding carboxylic acids is 4. The van der Waals surface area contributed by atoms with Crippen LogP contribution in [0.15, 0.2) is 15.0 Å². The van der Waals surface area contributed by atoms with Gasteiger partial charge in [-0.1, -0.05) is 0 Å². The van der Waals surface area contributed by atoms with Gasteiger partial charge in [0, 0.05) is 19.6 Å². The van der Waals surface area contributed by atoms with Crippen LogP contribution in [-0.2, 0) is 24.0 Å². The van der Waals surface area contributed by atoms with Gasteiger partial charge in [-0.25, -0.2) is 4.79 Å². The molecule has 22 nitrogen and oxygen atoms in total. The molecule has 0 aliphatic rings. The van der Waals surface area contributed by atoms with E-state index in [-0.39, 0.29) is 76.0 Å². The fourth-order valence-corrected chi connectivity index (χ4v) is 4.80. The molecule has 0 aromatic heterocycles. The van der Waals surface area contributed by atoms with E-state index < -0.39 is 59.8 Å². The minimum atomic E-state index is -1.28. The van der Waals surface area contributed by atoms with Gasteiger partial charge in [-0.15, -0.1) is 0 Å². The van der Waals surface area contributed by atoms with Gasteiger partial charge in [0.05, 0.1) is 6.04 Å². The average Bonchev–Trinajstić information content (AvgIpc) is 3.07. The Kier molecular flexibility index (Phi) is 25.1. The first-order chi connectivity index (χ1) is 24.6. The second kappa shape index (κ2) is 27.7. The molecule has 0 fully saturated rings. The number of amides is 4. The quantitative estimate of drug-likeness (QED) is 0.0193. The molecule has 52 heavy (non-hydrogen) atoms. The monoisotopic (exact) mass is 743 g/mol. The van der Waals surface area contributed by atoms with E-state index in [2.05, 4.69) is 36.2 Å². The normalized spacial score (nSPS) is 13.6. The van der Waals surface area contributed by atoms with E-state index in [0.29, 0.717) is 51.6 Å². The lowest BCUT2D eigenvalue weighted by molar-refractivity contribution is -0.142. The number of nitrogens with two attached hydrogens (primary N) is 9. The number of carboxylic acids is 1. The van der Waals surface area contributed by atoms with Crippen molar-refractivity contribution in [3.63, 3.8) is 0 Å². The number of aliphatic imine (C=N–C) groups is 3. The third-order valence-electron chi connectivity index (χ3n) is 7.60. The van der Waals surface area contributed by atoms with Crippen LogP contribution >= 0.6 is 0 Å². The third-order valence-corrected chi connectivity index (χ3v) is 7.60. The maximum atomic E-state index is 13.7. The Bertz CT molecular complexity index is 1190. The second-order valence-electron chi connectivity index (χ2n) is 12.1. The van der Waals surface area contributed by atoms with Crippen molar-refractivity contribution in [2.24, 2.45) is 66.6 Å². The molecule has 0 unspecified atom stereocenters. The van der Waals surface area contributed by atoms with Crippen LogP contribution < -0.4 is 72.9 Å². The van der Waals surface area contributed by atoms with E-state index >= 15 is 0 Å². The molecule has 0 rings (SSSR count). The predicted molar refractivity (Wildman–Crippen MR) is 199 cm³/mol. The smallest absolute Gasteiger partial charge is 0.326 e. The van der Waals surface area contributed by atoms with Crippen molar-refractivity contribution >= 4 is 47.5 Å². The van der Waals surface area contributed by atoms with Gasteiger partial charge in [0.1, 0.15) is 24.2 Å². The zero-order valence-corrected chi connectivity index (χ0v) is 29.9. The van der Waals surface area contributed by atoms with E-state index in [0.717, 1.165) is 0 Å². The number of carbonyl (C=O) groups is 5. The molecule has 0 saturated heterocycles. The molecular weight excluding hydrogens is 680 g/mol. The number of guanidine groups is 3. The molecule has 0 aromatic rings. The Morgan fingerprint density at radius 2 is 0.769 bits per heavy atom. The van der Waals surface area contributed by atoms with Gasteiger partial charge in [0.15, 0.2) is 17.9 Å². The van der Waals surface area contributed by atoms with Gasteiger partial charge in [0.25, 0.3) is 0 Å². The van der Waals surface area contributed by atoms with Crippen LogP contribution in [0.1, 0.15) is 77.0 Å². The molecule has 0 bridgehead atoms. The molecule has 0 aliphatic carbocycles. The van der Waals surface area contributed by atoms with Gasteiger partial charge >= 0.3 is 5.97 Å². The maximum Gasteiger partial charge on any atom is 0.326 e. The van der Waals surface area contributed by atoms with E-state index in [1.165, 1.54) is 0 Å². The number of hydrogen-bond donors (Lipinski definition) is 14. The summed E-state index contributed by atoms with van der Waals surface area (Å²) in [7, 11) is 0. The van der Waals surface area contributed by atoms with E-state index in [4.69, 9.17) is 51.6 Å². The fourth-order valence-electron chi connectivity index (χ4n) is 4.80. The number of carboxylic acid groups (broad SMARTS) is 1.